The number of fused-ring (bicyclic) bond motifs is 1. The van der Waals surface area contributed by atoms with E-state index in [2.05, 4.69) is 16.0 Å². The number of rotatable bonds is 4. The molecule has 22 heavy (non-hydrogen) atoms. The van der Waals surface area contributed by atoms with Gasteiger partial charge in [0.25, 0.3) is 0 Å². The minimum absolute atomic E-state index is 0.0489. The zero-order valence-corrected chi connectivity index (χ0v) is 13.4. The average molecular weight is 311 g/mol. The molecule has 0 spiro atoms. The van der Waals surface area contributed by atoms with Crippen LogP contribution in [0.4, 0.5) is 5.69 Å². The van der Waals surface area contributed by atoms with Crippen LogP contribution in [0.5, 0.6) is 0 Å². The summed E-state index contributed by atoms with van der Waals surface area (Å²) in [6.07, 6.45) is 0. The number of aromatic nitrogens is 2. The predicted octanol–water partition coefficient (Wildman–Crippen LogP) is 3.63. The normalized spacial score (nSPS) is 10.8. The van der Waals surface area contributed by atoms with E-state index in [1.165, 1.54) is 17.3 Å². The van der Waals surface area contributed by atoms with Gasteiger partial charge in [-0.25, -0.2) is 4.98 Å². The zero-order chi connectivity index (χ0) is 15.5. The monoisotopic (exact) mass is 311 g/mol. The van der Waals surface area contributed by atoms with E-state index in [4.69, 9.17) is 0 Å². The van der Waals surface area contributed by atoms with Crippen LogP contribution in [0.1, 0.15) is 5.56 Å². The van der Waals surface area contributed by atoms with Crippen LogP contribution >= 0.6 is 11.8 Å². The smallest absolute Gasteiger partial charge is 0.237 e. The molecule has 0 radical (unpaired) electrons. The molecule has 5 heteroatoms. The summed E-state index contributed by atoms with van der Waals surface area (Å²) < 4.78 is 0. The van der Waals surface area contributed by atoms with Gasteiger partial charge in [0, 0.05) is 12.7 Å². The van der Waals surface area contributed by atoms with Gasteiger partial charge < -0.3 is 9.88 Å². The maximum absolute atomic E-state index is 12.2. The molecule has 0 aliphatic rings. The van der Waals surface area contributed by atoms with Crippen LogP contribution < -0.4 is 4.90 Å². The van der Waals surface area contributed by atoms with Gasteiger partial charge in [0.2, 0.25) is 5.91 Å². The Morgan fingerprint density at radius 3 is 2.77 bits per heavy atom. The van der Waals surface area contributed by atoms with Crippen LogP contribution in [0.15, 0.2) is 53.7 Å². The van der Waals surface area contributed by atoms with Crippen molar-refractivity contribution in [3.8, 4) is 0 Å². The molecular weight excluding hydrogens is 294 g/mol. The summed E-state index contributed by atoms with van der Waals surface area (Å²) in [5.74, 6) is 0.400. The number of nitrogens with one attached hydrogen (secondary N) is 1. The summed E-state index contributed by atoms with van der Waals surface area (Å²) in [6.45, 7) is 2.05. The zero-order valence-electron chi connectivity index (χ0n) is 12.5. The van der Waals surface area contributed by atoms with Crippen LogP contribution in [-0.2, 0) is 4.79 Å². The molecule has 112 valence electrons. The summed E-state index contributed by atoms with van der Waals surface area (Å²) >= 11 is 1.43. The first kappa shape index (κ1) is 14.7. The maximum atomic E-state index is 12.2. The van der Waals surface area contributed by atoms with Crippen LogP contribution in [0.3, 0.4) is 0 Å². The summed E-state index contributed by atoms with van der Waals surface area (Å²) in [4.78, 5) is 21.7. The maximum Gasteiger partial charge on any atom is 0.237 e. The number of hydrogen-bond acceptors (Lipinski definition) is 3. The predicted molar refractivity (Wildman–Crippen MR) is 91.4 cm³/mol. The third kappa shape index (κ3) is 3.14. The minimum atomic E-state index is 0.0489. The molecule has 3 aromatic rings. The van der Waals surface area contributed by atoms with E-state index < -0.39 is 0 Å². The highest BCUT2D eigenvalue weighted by molar-refractivity contribution is 7.99. The van der Waals surface area contributed by atoms with Crippen LogP contribution in [0, 0.1) is 6.92 Å². The highest BCUT2D eigenvalue weighted by Gasteiger charge is 2.12. The van der Waals surface area contributed by atoms with E-state index in [9.17, 15) is 4.79 Å². The van der Waals surface area contributed by atoms with E-state index in [-0.39, 0.29) is 5.91 Å². The summed E-state index contributed by atoms with van der Waals surface area (Å²) in [7, 11) is 1.79. The van der Waals surface area contributed by atoms with Gasteiger partial charge in [-0.15, -0.1) is 0 Å². The molecule has 0 aliphatic carbocycles. The number of hydrogen-bond donors (Lipinski definition) is 1. The van der Waals surface area contributed by atoms with Crippen molar-refractivity contribution in [3.63, 3.8) is 0 Å². The molecule has 0 aliphatic heterocycles. The van der Waals surface area contributed by atoms with Crippen molar-refractivity contribution in [3.05, 3.63) is 54.1 Å². The number of nitrogens with zero attached hydrogens (tertiary/aromatic N) is 2. The van der Waals surface area contributed by atoms with Gasteiger partial charge >= 0.3 is 0 Å². The van der Waals surface area contributed by atoms with Crippen molar-refractivity contribution in [2.75, 3.05) is 17.7 Å². The minimum Gasteiger partial charge on any atom is -0.333 e. The molecule has 1 aromatic heterocycles. The molecule has 2 aromatic carbocycles. The van der Waals surface area contributed by atoms with Crippen molar-refractivity contribution in [1.29, 1.82) is 0 Å². The molecule has 0 unspecified atom stereocenters. The summed E-state index contributed by atoms with van der Waals surface area (Å²) in [6, 6.07) is 15.7. The van der Waals surface area contributed by atoms with Gasteiger partial charge in [-0.3, -0.25) is 4.79 Å². The number of aromatic amines is 1. The Morgan fingerprint density at radius 1 is 1.23 bits per heavy atom. The summed E-state index contributed by atoms with van der Waals surface area (Å²) in [5, 5.41) is 0.774. The third-order valence-electron chi connectivity index (χ3n) is 3.47. The molecule has 4 nitrogen and oxygen atoms in total. The number of benzene rings is 2. The molecule has 0 saturated heterocycles. The fourth-order valence-corrected chi connectivity index (χ4v) is 2.99. The van der Waals surface area contributed by atoms with Crippen molar-refractivity contribution in [2.24, 2.45) is 0 Å². The first-order valence-corrected chi connectivity index (χ1v) is 8.03. The molecule has 0 saturated carbocycles. The number of aryl methyl sites for hydroxylation is 1. The Balaban J connectivity index is 1.67. The fourth-order valence-electron chi connectivity index (χ4n) is 2.19. The number of thioether (sulfide) groups is 1. The third-order valence-corrected chi connectivity index (χ3v) is 4.32. The van der Waals surface area contributed by atoms with Gasteiger partial charge in [0.1, 0.15) is 0 Å². The number of imidazole rings is 1. The van der Waals surface area contributed by atoms with Gasteiger partial charge in [-0.1, -0.05) is 36.0 Å². The number of H-pyrrole nitrogens is 1. The lowest BCUT2D eigenvalue weighted by Gasteiger charge is -2.16. The standard InChI is InChI=1S/C17H17N3OS/c1-12-8-9-14-15(10-12)19-17(18-14)22-11-16(21)20(2)13-6-4-3-5-7-13/h3-10H,11H2,1-2H3,(H,18,19). The van der Waals surface area contributed by atoms with Crippen LogP contribution in [0.2, 0.25) is 0 Å². The lowest BCUT2D eigenvalue weighted by molar-refractivity contribution is -0.115. The van der Waals surface area contributed by atoms with Crippen molar-refractivity contribution >= 4 is 34.4 Å². The molecule has 0 fully saturated rings. The van der Waals surface area contributed by atoms with Gasteiger partial charge in [-0.2, -0.15) is 0 Å². The number of anilines is 1. The highest BCUT2D eigenvalue weighted by atomic mass is 32.2. The highest BCUT2D eigenvalue weighted by Crippen LogP contribution is 2.21. The Kier molecular flexibility index (Phi) is 4.15. The fraction of sp³-hybridized carbons (Fsp3) is 0.176. The average Bonchev–Trinajstić information content (AvgIpc) is 2.94. The van der Waals surface area contributed by atoms with Crippen LogP contribution in [0.25, 0.3) is 11.0 Å². The van der Waals surface area contributed by atoms with Crippen LogP contribution in [-0.4, -0.2) is 28.7 Å². The number of amides is 1. The molecule has 1 amide bonds. The SMILES string of the molecule is Cc1ccc2nc(SCC(=O)N(C)c3ccccc3)[nH]c2c1. The topological polar surface area (TPSA) is 49.0 Å². The van der Waals surface area contributed by atoms with Crippen molar-refractivity contribution in [2.45, 2.75) is 12.1 Å². The number of para-hydroxylation sites is 1. The van der Waals surface area contributed by atoms with Gasteiger partial charge in [0.15, 0.2) is 5.16 Å². The van der Waals surface area contributed by atoms with E-state index >= 15 is 0 Å². The Hall–Kier alpha value is -2.27. The largest absolute Gasteiger partial charge is 0.333 e. The van der Waals surface area contributed by atoms with Gasteiger partial charge in [-0.05, 0) is 36.8 Å². The van der Waals surface area contributed by atoms with Gasteiger partial charge in [0.05, 0.1) is 16.8 Å². The molecule has 1 heterocycles. The Morgan fingerprint density at radius 2 is 2.00 bits per heavy atom. The van der Waals surface area contributed by atoms with E-state index in [0.29, 0.717) is 5.75 Å². The number of carbonyl (C=O) groups is 1. The first-order chi connectivity index (χ1) is 10.6. The Bertz CT molecular complexity index is 798. The summed E-state index contributed by atoms with van der Waals surface area (Å²) in [5.41, 5.74) is 4.02. The second-order valence-corrected chi connectivity index (χ2v) is 6.10. The molecule has 0 atom stereocenters. The molecule has 1 N–H and O–H groups in total. The quantitative estimate of drug-likeness (QED) is 0.749. The van der Waals surface area contributed by atoms with E-state index in [0.717, 1.165) is 21.9 Å². The van der Waals surface area contributed by atoms with Crippen molar-refractivity contribution in [1.82, 2.24) is 9.97 Å². The molecule has 0 bridgehead atoms. The lowest BCUT2D eigenvalue weighted by atomic mass is 10.2. The number of carbonyl (C=O) groups excluding carboxylic acids is 1. The second kappa shape index (κ2) is 6.23. The van der Waals surface area contributed by atoms with Crippen molar-refractivity contribution < 1.29 is 4.79 Å². The molecule has 3 rings (SSSR count). The molecular formula is C17H17N3OS. The first-order valence-electron chi connectivity index (χ1n) is 7.04. The second-order valence-electron chi connectivity index (χ2n) is 5.14. The lowest BCUT2D eigenvalue weighted by Crippen LogP contribution is -2.27. The Labute approximate surface area is 133 Å². The van der Waals surface area contributed by atoms with E-state index in [1.807, 2.05) is 49.4 Å². The van der Waals surface area contributed by atoms with E-state index in [1.54, 1.807) is 11.9 Å².